The molecule has 0 amide bonds. The fraction of sp³-hybridized carbons (Fsp3) is 0.286. The van der Waals surface area contributed by atoms with Crippen LogP contribution in [0.2, 0.25) is 0 Å². The fourth-order valence-electron chi connectivity index (χ4n) is 2.11. The normalized spacial score (nSPS) is 11.2. The van der Waals surface area contributed by atoms with Crippen molar-refractivity contribution in [1.29, 1.82) is 0 Å². The molecule has 3 rings (SSSR count). The SMILES string of the molecule is Cc1cnc(Cn2c(CCl)nc3c(C)ccnc32)cn1. The second kappa shape index (κ2) is 5.17. The van der Waals surface area contributed by atoms with Crippen molar-refractivity contribution in [2.75, 3.05) is 0 Å². The van der Waals surface area contributed by atoms with Gasteiger partial charge in [0, 0.05) is 12.4 Å². The third kappa shape index (κ3) is 2.25. The van der Waals surface area contributed by atoms with Gasteiger partial charge in [-0.2, -0.15) is 0 Å². The summed E-state index contributed by atoms with van der Waals surface area (Å²) in [6, 6.07) is 1.95. The Kier molecular flexibility index (Phi) is 3.36. The van der Waals surface area contributed by atoms with E-state index in [0.29, 0.717) is 12.4 Å². The molecule has 0 saturated carbocycles. The highest BCUT2D eigenvalue weighted by Gasteiger charge is 2.13. The van der Waals surface area contributed by atoms with E-state index in [2.05, 4.69) is 19.9 Å². The summed E-state index contributed by atoms with van der Waals surface area (Å²) in [5, 5.41) is 0. The molecule has 20 heavy (non-hydrogen) atoms. The standard InChI is InChI=1S/C14H14ClN5/c1-9-3-4-16-14-13(9)19-12(5-15)20(14)8-11-7-17-10(2)6-18-11/h3-4,6-7H,5,8H2,1-2H3. The molecule has 0 aromatic carbocycles. The molecule has 0 spiro atoms. The van der Waals surface area contributed by atoms with Crippen LogP contribution in [0.15, 0.2) is 24.7 Å². The van der Waals surface area contributed by atoms with Gasteiger partial charge in [-0.25, -0.2) is 9.97 Å². The van der Waals surface area contributed by atoms with Gasteiger partial charge in [0.15, 0.2) is 5.65 Å². The molecule has 3 aromatic heterocycles. The molecule has 3 aromatic rings. The van der Waals surface area contributed by atoms with Crippen molar-refractivity contribution in [1.82, 2.24) is 24.5 Å². The number of aromatic nitrogens is 5. The summed E-state index contributed by atoms with van der Waals surface area (Å²) in [4.78, 5) is 17.6. The van der Waals surface area contributed by atoms with E-state index in [4.69, 9.17) is 11.6 Å². The maximum atomic E-state index is 6.00. The van der Waals surface area contributed by atoms with Gasteiger partial charge in [-0.3, -0.25) is 9.97 Å². The number of rotatable bonds is 3. The Morgan fingerprint density at radius 1 is 1.15 bits per heavy atom. The highest BCUT2D eigenvalue weighted by molar-refractivity contribution is 6.16. The van der Waals surface area contributed by atoms with Crippen LogP contribution in [0.5, 0.6) is 0 Å². The van der Waals surface area contributed by atoms with Crippen LogP contribution in [-0.2, 0) is 12.4 Å². The second-order valence-electron chi connectivity index (χ2n) is 4.70. The van der Waals surface area contributed by atoms with Crippen LogP contribution in [-0.4, -0.2) is 24.5 Å². The first-order valence-corrected chi connectivity index (χ1v) is 6.86. The summed E-state index contributed by atoms with van der Waals surface area (Å²) in [7, 11) is 0. The fourth-order valence-corrected chi connectivity index (χ4v) is 2.32. The third-order valence-electron chi connectivity index (χ3n) is 3.19. The lowest BCUT2D eigenvalue weighted by molar-refractivity contribution is 0.744. The highest BCUT2D eigenvalue weighted by Crippen LogP contribution is 2.19. The lowest BCUT2D eigenvalue weighted by Gasteiger charge is -2.06. The highest BCUT2D eigenvalue weighted by atomic mass is 35.5. The van der Waals surface area contributed by atoms with E-state index in [9.17, 15) is 0 Å². The Balaban J connectivity index is 2.10. The number of aryl methyl sites for hydroxylation is 2. The number of fused-ring (bicyclic) bond motifs is 1. The summed E-state index contributed by atoms with van der Waals surface area (Å²) >= 11 is 6.00. The molecular formula is C14H14ClN5. The zero-order valence-corrected chi connectivity index (χ0v) is 12.1. The van der Waals surface area contributed by atoms with Crippen LogP contribution in [0, 0.1) is 13.8 Å². The monoisotopic (exact) mass is 287 g/mol. The number of pyridine rings is 1. The van der Waals surface area contributed by atoms with Crippen LogP contribution >= 0.6 is 11.6 Å². The molecule has 0 aliphatic rings. The molecule has 102 valence electrons. The largest absolute Gasteiger partial charge is 0.306 e. The van der Waals surface area contributed by atoms with E-state index in [1.165, 1.54) is 0 Å². The molecule has 0 unspecified atom stereocenters. The Morgan fingerprint density at radius 3 is 2.70 bits per heavy atom. The van der Waals surface area contributed by atoms with Crippen LogP contribution in [0.3, 0.4) is 0 Å². The predicted octanol–water partition coefficient (Wildman–Crippen LogP) is 2.63. The number of nitrogens with zero attached hydrogens (tertiary/aromatic N) is 5. The molecule has 0 radical (unpaired) electrons. The predicted molar refractivity (Wildman–Crippen MR) is 77.7 cm³/mol. The molecule has 3 heterocycles. The van der Waals surface area contributed by atoms with Crippen molar-refractivity contribution in [3.63, 3.8) is 0 Å². The maximum absolute atomic E-state index is 6.00. The number of imidazole rings is 1. The van der Waals surface area contributed by atoms with E-state index in [-0.39, 0.29) is 0 Å². The van der Waals surface area contributed by atoms with Crippen LogP contribution in [0.4, 0.5) is 0 Å². The number of hydrogen-bond acceptors (Lipinski definition) is 4. The molecular weight excluding hydrogens is 274 g/mol. The van der Waals surface area contributed by atoms with Crippen molar-refractivity contribution < 1.29 is 0 Å². The van der Waals surface area contributed by atoms with E-state index in [1.807, 2.05) is 24.5 Å². The first-order chi connectivity index (χ1) is 9.69. The molecule has 0 aliphatic carbocycles. The summed E-state index contributed by atoms with van der Waals surface area (Å²) in [6.45, 7) is 4.51. The molecule has 0 N–H and O–H groups in total. The lowest BCUT2D eigenvalue weighted by atomic mass is 10.3. The first kappa shape index (κ1) is 13.0. The van der Waals surface area contributed by atoms with Gasteiger partial charge in [0.25, 0.3) is 0 Å². The van der Waals surface area contributed by atoms with Crippen molar-refractivity contribution >= 4 is 22.8 Å². The molecule has 0 fully saturated rings. The molecule has 5 nitrogen and oxygen atoms in total. The van der Waals surface area contributed by atoms with Crippen molar-refractivity contribution in [2.24, 2.45) is 0 Å². The molecule has 0 aliphatic heterocycles. The van der Waals surface area contributed by atoms with Gasteiger partial charge in [0.1, 0.15) is 11.3 Å². The van der Waals surface area contributed by atoms with Gasteiger partial charge >= 0.3 is 0 Å². The maximum Gasteiger partial charge on any atom is 0.160 e. The molecule has 0 atom stereocenters. The summed E-state index contributed by atoms with van der Waals surface area (Å²) in [5.74, 6) is 1.14. The van der Waals surface area contributed by atoms with Gasteiger partial charge in [0.2, 0.25) is 0 Å². The minimum absolute atomic E-state index is 0.342. The Hall–Kier alpha value is -2.01. The zero-order valence-electron chi connectivity index (χ0n) is 11.3. The van der Waals surface area contributed by atoms with Gasteiger partial charge in [-0.15, -0.1) is 11.6 Å². The molecule has 0 bridgehead atoms. The Bertz CT molecular complexity index is 748. The van der Waals surface area contributed by atoms with Crippen molar-refractivity contribution in [3.8, 4) is 0 Å². The lowest BCUT2D eigenvalue weighted by Crippen LogP contribution is -2.06. The molecule has 6 heteroatoms. The third-order valence-corrected chi connectivity index (χ3v) is 3.43. The summed E-state index contributed by atoms with van der Waals surface area (Å²) in [5.41, 5.74) is 4.58. The van der Waals surface area contributed by atoms with Crippen molar-refractivity contribution in [3.05, 3.63) is 47.4 Å². The van der Waals surface area contributed by atoms with E-state index >= 15 is 0 Å². The van der Waals surface area contributed by atoms with Crippen LogP contribution in [0.25, 0.3) is 11.2 Å². The Labute approximate surface area is 121 Å². The first-order valence-electron chi connectivity index (χ1n) is 6.33. The number of halogens is 1. The topological polar surface area (TPSA) is 56.5 Å². The summed E-state index contributed by atoms with van der Waals surface area (Å²) < 4.78 is 1.99. The van der Waals surface area contributed by atoms with Gasteiger partial charge in [-0.05, 0) is 25.5 Å². The average Bonchev–Trinajstić information content (AvgIpc) is 2.81. The van der Waals surface area contributed by atoms with Crippen molar-refractivity contribution in [2.45, 2.75) is 26.3 Å². The Morgan fingerprint density at radius 2 is 2.00 bits per heavy atom. The van der Waals surface area contributed by atoms with E-state index in [1.54, 1.807) is 18.6 Å². The quantitative estimate of drug-likeness (QED) is 0.695. The minimum Gasteiger partial charge on any atom is -0.306 e. The van der Waals surface area contributed by atoms with Crippen LogP contribution in [0.1, 0.15) is 22.8 Å². The van der Waals surface area contributed by atoms with Crippen LogP contribution < -0.4 is 0 Å². The molecule has 0 saturated heterocycles. The smallest absolute Gasteiger partial charge is 0.160 e. The number of alkyl halides is 1. The summed E-state index contributed by atoms with van der Waals surface area (Å²) in [6.07, 6.45) is 5.32. The van der Waals surface area contributed by atoms with Gasteiger partial charge < -0.3 is 4.57 Å². The van der Waals surface area contributed by atoms with Gasteiger partial charge in [-0.1, -0.05) is 0 Å². The second-order valence-corrected chi connectivity index (χ2v) is 4.96. The zero-order chi connectivity index (χ0) is 14.1. The average molecular weight is 288 g/mol. The van der Waals surface area contributed by atoms with E-state index < -0.39 is 0 Å². The van der Waals surface area contributed by atoms with E-state index in [0.717, 1.165) is 33.9 Å². The number of hydrogen-bond donors (Lipinski definition) is 0. The minimum atomic E-state index is 0.342. The van der Waals surface area contributed by atoms with Gasteiger partial charge in [0.05, 0.1) is 30.0 Å².